The number of nitrogen functional groups attached to an aromatic ring is 1. The van der Waals surface area contributed by atoms with Crippen LogP contribution in [0.5, 0.6) is 0 Å². The first kappa shape index (κ1) is 13.5. The van der Waals surface area contributed by atoms with Crippen molar-refractivity contribution in [2.24, 2.45) is 0 Å². The average Bonchev–Trinajstić information content (AvgIpc) is 2.25. The highest BCUT2D eigenvalue weighted by Crippen LogP contribution is 2.23. The van der Waals surface area contributed by atoms with Gasteiger partial charge in [-0.05, 0) is 28.7 Å². The van der Waals surface area contributed by atoms with Crippen LogP contribution < -0.4 is 11.1 Å². The fourth-order valence-corrected chi connectivity index (χ4v) is 2.10. The van der Waals surface area contributed by atoms with Gasteiger partial charge >= 0.3 is 0 Å². The van der Waals surface area contributed by atoms with Gasteiger partial charge in [0.25, 0.3) is 0 Å². The highest BCUT2D eigenvalue weighted by atomic mass is 127. The lowest BCUT2D eigenvalue weighted by Crippen LogP contribution is -2.07. The Balaban J connectivity index is 2.48. The number of terminal acetylenes is 1. The summed E-state index contributed by atoms with van der Waals surface area (Å²) in [5.74, 6) is 3.85. The molecule has 0 saturated heterocycles. The molecule has 0 amide bonds. The summed E-state index contributed by atoms with van der Waals surface area (Å²) in [6.45, 7) is 0.719. The molecule has 0 saturated carbocycles. The van der Waals surface area contributed by atoms with Crippen molar-refractivity contribution in [1.29, 1.82) is 0 Å². The second-order valence-corrected chi connectivity index (χ2v) is 5.30. The first-order chi connectivity index (χ1) is 7.65. The van der Waals surface area contributed by atoms with E-state index in [4.69, 9.17) is 12.2 Å². The second kappa shape index (κ2) is 6.86. The minimum atomic E-state index is -0.256. The molecule has 0 aliphatic carbocycles. The van der Waals surface area contributed by atoms with Crippen LogP contribution in [0.2, 0.25) is 0 Å². The molecular weight excluding hydrogens is 338 g/mol. The third-order valence-corrected chi connectivity index (χ3v) is 3.53. The highest BCUT2D eigenvalue weighted by molar-refractivity contribution is 14.1. The van der Waals surface area contributed by atoms with Gasteiger partial charge in [-0.3, -0.25) is 0 Å². The molecule has 0 aliphatic heterocycles. The summed E-state index contributed by atoms with van der Waals surface area (Å²) in [6, 6.07) is 3.04. The van der Waals surface area contributed by atoms with Crippen LogP contribution >= 0.6 is 34.4 Å². The van der Waals surface area contributed by atoms with Crippen molar-refractivity contribution < 1.29 is 4.39 Å². The first-order valence-corrected chi connectivity index (χ1v) is 6.88. The van der Waals surface area contributed by atoms with E-state index in [9.17, 15) is 4.39 Å². The molecule has 0 atom stereocenters. The SMILES string of the molecule is C#CCSCCNc1cc(F)c(I)cc1N. The van der Waals surface area contributed by atoms with E-state index < -0.39 is 0 Å². The van der Waals surface area contributed by atoms with Crippen LogP contribution in [0.4, 0.5) is 15.8 Å². The number of benzene rings is 1. The fraction of sp³-hybridized carbons (Fsp3) is 0.273. The van der Waals surface area contributed by atoms with Crippen LogP contribution in [0.15, 0.2) is 12.1 Å². The minimum Gasteiger partial charge on any atom is -0.397 e. The minimum absolute atomic E-state index is 0.256. The number of hydrogen-bond acceptors (Lipinski definition) is 3. The van der Waals surface area contributed by atoms with E-state index >= 15 is 0 Å². The van der Waals surface area contributed by atoms with E-state index in [0.29, 0.717) is 20.7 Å². The van der Waals surface area contributed by atoms with Gasteiger partial charge in [0.2, 0.25) is 0 Å². The van der Waals surface area contributed by atoms with Crippen molar-refractivity contribution in [3.63, 3.8) is 0 Å². The number of thioether (sulfide) groups is 1. The molecule has 3 N–H and O–H groups in total. The highest BCUT2D eigenvalue weighted by Gasteiger charge is 2.04. The van der Waals surface area contributed by atoms with Gasteiger partial charge in [0.1, 0.15) is 5.82 Å². The second-order valence-electron chi connectivity index (χ2n) is 3.04. The van der Waals surface area contributed by atoms with E-state index in [-0.39, 0.29) is 5.82 Å². The van der Waals surface area contributed by atoms with Gasteiger partial charge < -0.3 is 11.1 Å². The lowest BCUT2D eigenvalue weighted by atomic mass is 10.2. The molecule has 1 aromatic carbocycles. The normalized spacial score (nSPS) is 9.81. The molecule has 2 nitrogen and oxygen atoms in total. The van der Waals surface area contributed by atoms with Crippen molar-refractivity contribution in [1.82, 2.24) is 0 Å². The predicted molar refractivity (Wildman–Crippen MR) is 78.2 cm³/mol. The van der Waals surface area contributed by atoms with Crippen molar-refractivity contribution in [2.75, 3.05) is 29.1 Å². The zero-order valence-electron chi connectivity index (χ0n) is 8.59. The molecule has 0 aromatic heterocycles. The fourth-order valence-electron chi connectivity index (χ4n) is 1.10. The molecule has 86 valence electrons. The summed E-state index contributed by atoms with van der Waals surface area (Å²) in [4.78, 5) is 0. The molecule has 5 heteroatoms. The molecule has 0 fully saturated rings. The maximum absolute atomic E-state index is 13.3. The maximum Gasteiger partial charge on any atom is 0.138 e. The Hall–Kier alpha value is -0.610. The van der Waals surface area contributed by atoms with Crippen LogP contribution in [0.1, 0.15) is 0 Å². The topological polar surface area (TPSA) is 38.0 Å². The van der Waals surface area contributed by atoms with Crippen molar-refractivity contribution in [3.05, 3.63) is 21.5 Å². The predicted octanol–water partition coefficient (Wildman–Crippen LogP) is 2.79. The van der Waals surface area contributed by atoms with Gasteiger partial charge in [-0.25, -0.2) is 4.39 Å². The van der Waals surface area contributed by atoms with Gasteiger partial charge in [0.15, 0.2) is 0 Å². The Kier molecular flexibility index (Phi) is 5.77. The molecule has 0 aliphatic rings. The summed E-state index contributed by atoms with van der Waals surface area (Å²) >= 11 is 3.56. The molecule has 0 spiro atoms. The Morgan fingerprint density at radius 3 is 3.00 bits per heavy atom. The standard InChI is InChI=1S/C11H12FIN2S/c1-2-4-16-5-3-15-11-6-8(12)9(13)7-10(11)14/h1,6-7,15H,3-5,14H2. The molecule has 16 heavy (non-hydrogen) atoms. The van der Waals surface area contributed by atoms with Crippen LogP contribution in [0.25, 0.3) is 0 Å². The Morgan fingerprint density at radius 2 is 2.31 bits per heavy atom. The summed E-state index contributed by atoms with van der Waals surface area (Å²) in [7, 11) is 0. The van der Waals surface area contributed by atoms with E-state index in [1.165, 1.54) is 6.07 Å². The van der Waals surface area contributed by atoms with Gasteiger partial charge in [0.05, 0.1) is 20.7 Å². The van der Waals surface area contributed by atoms with Crippen molar-refractivity contribution in [2.45, 2.75) is 0 Å². The van der Waals surface area contributed by atoms with Gasteiger partial charge in [-0.15, -0.1) is 18.2 Å². The van der Waals surface area contributed by atoms with E-state index in [0.717, 1.165) is 12.3 Å². The Bertz CT molecular complexity index is 404. The molecule has 0 bridgehead atoms. The summed E-state index contributed by atoms with van der Waals surface area (Å²) < 4.78 is 13.8. The van der Waals surface area contributed by atoms with Gasteiger partial charge in [0, 0.05) is 18.4 Å². The van der Waals surface area contributed by atoms with E-state index in [1.807, 2.05) is 22.6 Å². The maximum atomic E-state index is 13.3. The van der Waals surface area contributed by atoms with Crippen molar-refractivity contribution >= 4 is 45.7 Å². The van der Waals surface area contributed by atoms with Crippen LogP contribution in [0.3, 0.4) is 0 Å². The molecule has 0 heterocycles. The number of rotatable bonds is 5. The summed E-state index contributed by atoms with van der Waals surface area (Å²) in [5, 5.41) is 3.08. The number of nitrogens with two attached hydrogens (primary N) is 1. The van der Waals surface area contributed by atoms with E-state index in [1.54, 1.807) is 17.8 Å². The smallest absolute Gasteiger partial charge is 0.138 e. The number of nitrogens with one attached hydrogen (secondary N) is 1. The van der Waals surface area contributed by atoms with Gasteiger partial charge in [-0.2, -0.15) is 0 Å². The number of anilines is 2. The monoisotopic (exact) mass is 350 g/mol. The molecular formula is C11H12FIN2S. The lowest BCUT2D eigenvalue weighted by molar-refractivity contribution is 0.621. The lowest BCUT2D eigenvalue weighted by Gasteiger charge is -2.09. The number of halogens is 2. The summed E-state index contributed by atoms with van der Waals surface area (Å²) in [6.07, 6.45) is 5.12. The zero-order valence-corrected chi connectivity index (χ0v) is 11.6. The largest absolute Gasteiger partial charge is 0.397 e. The van der Waals surface area contributed by atoms with Gasteiger partial charge in [-0.1, -0.05) is 5.92 Å². The zero-order chi connectivity index (χ0) is 12.0. The van der Waals surface area contributed by atoms with Crippen LogP contribution in [-0.4, -0.2) is 18.1 Å². The Morgan fingerprint density at radius 1 is 1.56 bits per heavy atom. The third-order valence-electron chi connectivity index (χ3n) is 1.84. The third kappa shape index (κ3) is 4.10. The number of hydrogen-bond donors (Lipinski definition) is 2. The van der Waals surface area contributed by atoms with E-state index in [2.05, 4.69) is 11.2 Å². The van der Waals surface area contributed by atoms with Crippen LogP contribution in [-0.2, 0) is 0 Å². The molecule has 0 radical (unpaired) electrons. The Labute approximate surface area is 113 Å². The first-order valence-electron chi connectivity index (χ1n) is 4.64. The summed E-state index contributed by atoms with van der Waals surface area (Å²) in [5.41, 5.74) is 6.96. The molecule has 0 unspecified atom stereocenters. The molecule has 1 rings (SSSR count). The quantitative estimate of drug-likeness (QED) is 0.371. The molecule has 1 aromatic rings. The average molecular weight is 350 g/mol. The van der Waals surface area contributed by atoms with Crippen molar-refractivity contribution in [3.8, 4) is 12.3 Å². The van der Waals surface area contributed by atoms with Crippen LogP contribution in [0, 0.1) is 21.7 Å².